The highest BCUT2D eigenvalue weighted by Crippen LogP contribution is 2.13. The van der Waals surface area contributed by atoms with Gasteiger partial charge >= 0.3 is 0 Å². The largest absolute Gasteiger partial charge is 0.355 e. The SMILES string of the molecule is Cc1ccc2nc(CSCC(=O)NCCC(C)N)cn2c1. The van der Waals surface area contributed by atoms with Crippen molar-refractivity contribution in [2.45, 2.75) is 32.1 Å². The second-order valence-electron chi connectivity index (χ2n) is 5.31. The summed E-state index contributed by atoms with van der Waals surface area (Å²) in [6, 6.07) is 4.18. The molecule has 1 amide bonds. The number of hydrogen-bond donors (Lipinski definition) is 2. The maximum Gasteiger partial charge on any atom is 0.230 e. The van der Waals surface area contributed by atoms with E-state index in [9.17, 15) is 4.79 Å². The van der Waals surface area contributed by atoms with Crippen LogP contribution in [-0.2, 0) is 10.5 Å². The number of fused-ring (bicyclic) bond motifs is 1. The Morgan fingerprint density at radius 2 is 2.29 bits per heavy atom. The zero-order valence-corrected chi connectivity index (χ0v) is 13.3. The standard InChI is InChI=1S/C15H22N4OS/c1-11-3-4-14-18-13(8-19(14)7-11)9-21-10-15(20)17-6-5-12(2)16/h3-4,7-8,12H,5-6,9-10,16H2,1-2H3,(H,17,20). The van der Waals surface area contributed by atoms with Crippen LogP contribution in [0.3, 0.4) is 0 Å². The molecule has 114 valence electrons. The number of nitrogens with one attached hydrogen (secondary N) is 1. The zero-order chi connectivity index (χ0) is 15.2. The number of aromatic nitrogens is 2. The van der Waals surface area contributed by atoms with Crippen LogP contribution in [0.5, 0.6) is 0 Å². The predicted octanol–water partition coefficient (Wildman–Crippen LogP) is 1.73. The fourth-order valence-electron chi connectivity index (χ4n) is 1.96. The lowest BCUT2D eigenvalue weighted by molar-refractivity contribution is -0.118. The minimum Gasteiger partial charge on any atom is -0.355 e. The highest BCUT2D eigenvalue weighted by molar-refractivity contribution is 7.99. The van der Waals surface area contributed by atoms with E-state index < -0.39 is 0 Å². The molecule has 0 aromatic carbocycles. The van der Waals surface area contributed by atoms with E-state index in [-0.39, 0.29) is 11.9 Å². The fraction of sp³-hybridized carbons (Fsp3) is 0.467. The number of aryl methyl sites for hydroxylation is 1. The molecule has 0 aliphatic carbocycles. The van der Waals surface area contributed by atoms with Crippen LogP contribution in [0.15, 0.2) is 24.5 Å². The van der Waals surface area contributed by atoms with Gasteiger partial charge in [0.1, 0.15) is 5.65 Å². The number of thioether (sulfide) groups is 1. The molecule has 0 spiro atoms. The molecule has 0 bridgehead atoms. The normalized spacial score (nSPS) is 12.5. The summed E-state index contributed by atoms with van der Waals surface area (Å²) >= 11 is 1.57. The first-order chi connectivity index (χ1) is 10.0. The van der Waals surface area contributed by atoms with Gasteiger partial charge in [-0.05, 0) is 31.9 Å². The summed E-state index contributed by atoms with van der Waals surface area (Å²) < 4.78 is 2.02. The summed E-state index contributed by atoms with van der Waals surface area (Å²) in [6.07, 6.45) is 4.88. The van der Waals surface area contributed by atoms with E-state index in [2.05, 4.69) is 23.4 Å². The molecule has 0 aliphatic rings. The van der Waals surface area contributed by atoms with Gasteiger partial charge in [0.25, 0.3) is 0 Å². The van der Waals surface area contributed by atoms with Crippen molar-refractivity contribution in [1.29, 1.82) is 0 Å². The molecule has 0 aliphatic heterocycles. The molecule has 0 saturated heterocycles. The van der Waals surface area contributed by atoms with Crippen molar-refractivity contribution in [3.8, 4) is 0 Å². The van der Waals surface area contributed by atoms with E-state index in [1.54, 1.807) is 11.8 Å². The number of amides is 1. The van der Waals surface area contributed by atoms with Crippen molar-refractivity contribution in [3.05, 3.63) is 35.8 Å². The minimum atomic E-state index is 0.0558. The van der Waals surface area contributed by atoms with Crippen molar-refractivity contribution in [1.82, 2.24) is 14.7 Å². The highest BCUT2D eigenvalue weighted by Gasteiger charge is 2.05. The average Bonchev–Trinajstić information content (AvgIpc) is 2.80. The summed E-state index contributed by atoms with van der Waals surface area (Å²) in [5.74, 6) is 1.24. The lowest BCUT2D eigenvalue weighted by atomic mass is 10.2. The lowest BCUT2D eigenvalue weighted by Gasteiger charge is -2.06. The maximum atomic E-state index is 11.6. The van der Waals surface area contributed by atoms with E-state index >= 15 is 0 Å². The molecule has 2 aromatic heterocycles. The Bertz CT molecular complexity index is 609. The van der Waals surface area contributed by atoms with Crippen molar-refractivity contribution in [2.75, 3.05) is 12.3 Å². The molecular weight excluding hydrogens is 284 g/mol. The van der Waals surface area contributed by atoms with Crippen molar-refractivity contribution >= 4 is 23.3 Å². The molecule has 2 heterocycles. The Hall–Kier alpha value is -1.53. The second-order valence-corrected chi connectivity index (χ2v) is 6.30. The van der Waals surface area contributed by atoms with Gasteiger partial charge in [-0.15, -0.1) is 11.8 Å². The Kier molecular flexibility index (Phi) is 5.64. The molecule has 0 radical (unpaired) electrons. The number of rotatable bonds is 7. The smallest absolute Gasteiger partial charge is 0.230 e. The summed E-state index contributed by atoms with van der Waals surface area (Å²) in [7, 11) is 0. The van der Waals surface area contributed by atoms with Crippen LogP contribution < -0.4 is 11.1 Å². The van der Waals surface area contributed by atoms with Crippen LogP contribution in [0.25, 0.3) is 5.65 Å². The van der Waals surface area contributed by atoms with Crippen LogP contribution in [0, 0.1) is 6.92 Å². The molecule has 1 atom stereocenters. The number of nitrogens with zero attached hydrogens (tertiary/aromatic N) is 2. The van der Waals surface area contributed by atoms with Crippen LogP contribution in [0.2, 0.25) is 0 Å². The third-order valence-electron chi connectivity index (χ3n) is 3.05. The third kappa shape index (κ3) is 5.06. The number of pyridine rings is 1. The van der Waals surface area contributed by atoms with E-state index in [1.807, 2.05) is 29.7 Å². The number of imidazole rings is 1. The molecule has 1 unspecified atom stereocenters. The van der Waals surface area contributed by atoms with Gasteiger partial charge in [-0.2, -0.15) is 0 Å². The highest BCUT2D eigenvalue weighted by atomic mass is 32.2. The summed E-state index contributed by atoms with van der Waals surface area (Å²) in [5, 5.41) is 2.87. The van der Waals surface area contributed by atoms with Gasteiger partial charge in [0.2, 0.25) is 5.91 Å². The fourth-order valence-corrected chi connectivity index (χ4v) is 2.70. The average molecular weight is 306 g/mol. The van der Waals surface area contributed by atoms with Gasteiger partial charge in [0.15, 0.2) is 0 Å². The van der Waals surface area contributed by atoms with Crippen LogP contribution in [0.1, 0.15) is 24.6 Å². The first kappa shape index (κ1) is 15.9. The van der Waals surface area contributed by atoms with E-state index in [0.29, 0.717) is 12.3 Å². The number of nitrogens with two attached hydrogens (primary N) is 1. The molecule has 3 N–H and O–H groups in total. The number of carbonyl (C=O) groups is 1. The number of hydrogen-bond acceptors (Lipinski definition) is 4. The Balaban J connectivity index is 1.75. The van der Waals surface area contributed by atoms with E-state index in [0.717, 1.165) is 23.5 Å². The van der Waals surface area contributed by atoms with Crippen LogP contribution in [-0.4, -0.2) is 33.6 Å². The van der Waals surface area contributed by atoms with Crippen LogP contribution in [0.4, 0.5) is 0 Å². The Labute approximate surface area is 129 Å². The van der Waals surface area contributed by atoms with Gasteiger partial charge in [-0.3, -0.25) is 4.79 Å². The molecule has 5 nitrogen and oxygen atoms in total. The van der Waals surface area contributed by atoms with E-state index in [1.165, 1.54) is 5.56 Å². The van der Waals surface area contributed by atoms with Crippen LogP contribution >= 0.6 is 11.8 Å². The second kappa shape index (κ2) is 7.47. The minimum absolute atomic E-state index is 0.0558. The van der Waals surface area contributed by atoms with Crippen molar-refractivity contribution < 1.29 is 4.79 Å². The van der Waals surface area contributed by atoms with E-state index in [4.69, 9.17) is 5.73 Å². The van der Waals surface area contributed by atoms with Gasteiger partial charge in [-0.1, -0.05) is 6.07 Å². The quantitative estimate of drug-likeness (QED) is 0.817. The molecule has 2 rings (SSSR count). The molecule has 0 saturated carbocycles. The first-order valence-corrected chi connectivity index (χ1v) is 8.24. The van der Waals surface area contributed by atoms with Gasteiger partial charge in [0.05, 0.1) is 11.4 Å². The monoisotopic (exact) mass is 306 g/mol. The number of carbonyl (C=O) groups excluding carboxylic acids is 1. The van der Waals surface area contributed by atoms with Crippen molar-refractivity contribution in [3.63, 3.8) is 0 Å². The van der Waals surface area contributed by atoms with Gasteiger partial charge < -0.3 is 15.5 Å². The van der Waals surface area contributed by atoms with Gasteiger partial charge in [-0.25, -0.2) is 4.98 Å². The zero-order valence-electron chi connectivity index (χ0n) is 12.5. The summed E-state index contributed by atoms with van der Waals surface area (Å²) in [4.78, 5) is 16.2. The Morgan fingerprint density at radius 1 is 1.48 bits per heavy atom. The first-order valence-electron chi connectivity index (χ1n) is 7.09. The van der Waals surface area contributed by atoms with Gasteiger partial charge in [0, 0.05) is 30.7 Å². The molecule has 2 aromatic rings. The predicted molar refractivity (Wildman–Crippen MR) is 87.4 cm³/mol. The third-order valence-corrected chi connectivity index (χ3v) is 4.02. The maximum absolute atomic E-state index is 11.6. The summed E-state index contributed by atoms with van der Waals surface area (Å²) in [5.41, 5.74) is 8.77. The molecular formula is C15H22N4OS. The van der Waals surface area contributed by atoms with Crippen molar-refractivity contribution in [2.24, 2.45) is 5.73 Å². The molecule has 6 heteroatoms. The Morgan fingerprint density at radius 3 is 3.05 bits per heavy atom. The molecule has 21 heavy (non-hydrogen) atoms. The topological polar surface area (TPSA) is 72.4 Å². The lowest BCUT2D eigenvalue weighted by Crippen LogP contribution is -2.30. The molecule has 0 fully saturated rings. The summed E-state index contributed by atoms with van der Waals surface area (Å²) in [6.45, 7) is 4.64.